The monoisotopic (exact) mass is 297 g/mol. The van der Waals surface area contributed by atoms with E-state index in [1.807, 2.05) is 11.5 Å². The third-order valence-corrected chi connectivity index (χ3v) is 3.07. The standard InChI is InChI=1S/C12H16ClN5O2/c1-3-14-9(19)4-5-18-8(6-13)17-10-11(18)15-7-16-12(10)20-2/h7H,3-6H2,1-2H3,(H,14,19). The molecule has 1 amide bonds. The fourth-order valence-corrected chi connectivity index (χ4v) is 2.15. The summed E-state index contributed by atoms with van der Waals surface area (Å²) in [6.45, 7) is 2.96. The number of hydrogen-bond donors (Lipinski definition) is 1. The van der Waals surface area contributed by atoms with Crippen molar-refractivity contribution in [2.24, 2.45) is 0 Å². The van der Waals surface area contributed by atoms with Crippen molar-refractivity contribution in [3.05, 3.63) is 12.2 Å². The molecule has 0 saturated carbocycles. The molecule has 8 heteroatoms. The highest BCUT2D eigenvalue weighted by atomic mass is 35.5. The van der Waals surface area contributed by atoms with Crippen molar-refractivity contribution in [1.29, 1.82) is 0 Å². The number of nitrogens with zero attached hydrogens (tertiary/aromatic N) is 4. The molecule has 108 valence electrons. The molecule has 1 N–H and O–H groups in total. The van der Waals surface area contributed by atoms with Gasteiger partial charge in [-0.15, -0.1) is 11.6 Å². The minimum atomic E-state index is -0.0177. The normalized spacial score (nSPS) is 10.8. The number of ether oxygens (including phenoxy) is 1. The van der Waals surface area contributed by atoms with Crippen LogP contribution < -0.4 is 10.1 Å². The predicted octanol–water partition coefficient (Wildman–Crippen LogP) is 1.10. The molecule has 0 aliphatic rings. The molecule has 0 atom stereocenters. The van der Waals surface area contributed by atoms with E-state index in [-0.39, 0.29) is 11.8 Å². The summed E-state index contributed by atoms with van der Waals surface area (Å²) in [6.07, 6.45) is 1.75. The van der Waals surface area contributed by atoms with Gasteiger partial charge in [0.05, 0.1) is 13.0 Å². The molecule has 2 heterocycles. The van der Waals surface area contributed by atoms with Crippen LogP contribution in [0.1, 0.15) is 19.2 Å². The molecule has 2 rings (SSSR count). The molecule has 0 aliphatic carbocycles. The molecular weight excluding hydrogens is 282 g/mol. The van der Waals surface area contributed by atoms with E-state index in [4.69, 9.17) is 16.3 Å². The van der Waals surface area contributed by atoms with Crippen molar-refractivity contribution < 1.29 is 9.53 Å². The van der Waals surface area contributed by atoms with Crippen molar-refractivity contribution >= 4 is 28.7 Å². The van der Waals surface area contributed by atoms with Crippen LogP contribution in [0.25, 0.3) is 11.2 Å². The van der Waals surface area contributed by atoms with Crippen LogP contribution in [0.4, 0.5) is 0 Å². The summed E-state index contributed by atoms with van der Waals surface area (Å²) >= 11 is 5.90. The van der Waals surface area contributed by atoms with Crippen LogP contribution in [0.2, 0.25) is 0 Å². The van der Waals surface area contributed by atoms with E-state index in [9.17, 15) is 4.79 Å². The van der Waals surface area contributed by atoms with Gasteiger partial charge in [0, 0.05) is 19.5 Å². The highest BCUT2D eigenvalue weighted by Crippen LogP contribution is 2.22. The van der Waals surface area contributed by atoms with E-state index in [1.54, 1.807) is 0 Å². The Hall–Kier alpha value is -1.89. The topological polar surface area (TPSA) is 81.9 Å². The van der Waals surface area contributed by atoms with E-state index in [0.717, 1.165) is 0 Å². The van der Waals surface area contributed by atoms with Crippen LogP contribution in [0, 0.1) is 0 Å². The van der Waals surface area contributed by atoms with Crippen LogP contribution >= 0.6 is 11.6 Å². The summed E-state index contributed by atoms with van der Waals surface area (Å²) in [5, 5.41) is 2.75. The number of aromatic nitrogens is 4. The Labute approximate surface area is 121 Å². The van der Waals surface area contributed by atoms with E-state index in [0.29, 0.717) is 42.4 Å². The maximum atomic E-state index is 11.6. The maximum absolute atomic E-state index is 11.6. The highest BCUT2D eigenvalue weighted by Gasteiger charge is 2.16. The average molecular weight is 298 g/mol. The predicted molar refractivity (Wildman–Crippen MR) is 74.7 cm³/mol. The number of carbonyl (C=O) groups excluding carboxylic acids is 1. The van der Waals surface area contributed by atoms with Gasteiger partial charge in [-0.1, -0.05) is 0 Å². The van der Waals surface area contributed by atoms with E-state index >= 15 is 0 Å². The lowest BCUT2D eigenvalue weighted by Crippen LogP contribution is -2.24. The molecule has 0 unspecified atom stereocenters. The lowest BCUT2D eigenvalue weighted by Gasteiger charge is -2.07. The van der Waals surface area contributed by atoms with Gasteiger partial charge in [0.25, 0.3) is 0 Å². The number of hydrogen-bond acceptors (Lipinski definition) is 5. The average Bonchev–Trinajstić information content (AvgIpc) is 2.83. The first-order valence-electron chi connectivity index (χ1n) is 6.28. The number of nitrogens with one attached hydrogen (secondary N) is 1. The quantitative estimate of drug-likeness (QED) is 0.807. The van der Waals surface area contributed by atoms with Crippen LogP contribution in [-0.2, 0) is 17.2 Å². The molecule has 0 saturated heterocycles. The lowest BCUT2D eigenvalue weighted by atomic mass is 10.4. The van der Waals surface area contributed by atoms with Crippen molar-refractivity contribution in [1.82, 2.24) is 24.8 Å². The summed E-state index contributed by atoms with van der Waals surface area (Å²) in [5.41, 5.74) is 1.18. The third kappa shape index (κ3) is 2.82. The molecular formula is C12H16ClN5O2. The van der Waals surface area contributed by atoms with Crippen molar-refractivity contribution in [3.63, 3.8) is 0 Å². The van der Waals surface area contributed by atoms with Crippen molar-refractivity contribution in [2.75, 3.05) is 13.7 Å². The Morgan fingerprint density at radius 1 is 1.50 bits per heavy atom. The van der Waals surface area contributed by atoms with Crippen molar-refractivity contribution in [2.45, 2.75) is 25.8 Å². The Morgan fingerprint density at radius 2 is 2.30 bits per heavy atom. The van der Waals surface area contributed by atoms with E-state index in [2.05, 4.69) is 20.3 Å². The van der Waals surface area contributed by atoms with Crippen LogP contribution in [0.3, 0.4) is 0 Å². The zero-order chi connectivity index (χ0) is 14.5. The fraction of sp³-hybridized carbons (Fsp3) is 0.500. The summed E-state index contributed by atoms with van der Waals surface area (Å²) < 4.78 is 6.98. The van der Waals surface area contributed by atoms with E-state index < -0.39 is 0 Å². The van der Waals surface area contributed by atoms with Gasteiger partial charge in [0.1, 0.15) is 12.2 Å². The molecule has 0 aliphatic heterocycles. The Morgan fingerprint density at radius 3 is 2.95 bits per heavy atom. The summed E-state index contributed by atoms with van der Waals surface area (Å²) in [7, 11) is 1.52. The second kappa shape index (κ2) is 6.51. The molecule has 0 fully saturated rings. The largest absolute Gasteiger partial charge is 0.479 e. The van der Waals surface area contributed by atoms with E-state index in [1.165, 1.54) is 13.4 Å². The van der Waals surface area contributed by atoms with Gasteiger partial charge in [-0.25, -0.2) is 9.97 Å². The zero-order valence-electron chi connectivity index (χ0n) is 11.4. The molecule has 0 spiro atoms. The Bertz CT molecular complexity index is 613. The minimum absolute atomic E-state index is 0.0177. The summed E-state index contributed by atoms with van der Waals surface area (Å²) in [6, 6.07) is 0. The number of imidazole rings is 1. The highest BCUT2D eigenvalue weighted by molar-refractivity contribution is 6.16. The van der Waals surface area contributed by atoms with Gasteiger partial charge in [-0.2, -0.15) is 4.98 Å². The summed E-state index contributed by atoms with van der Waals surface area (Å²) in [4.78, 5) is 24.1. The number of fused-ring (bicyclic) bond motifs is 1. The van der Waals surface area contributed by atoms with Gasteiger partial charge in [0.2, 0.25) is 11.8 Å². The molecule has 0 aromatic carbocycles. The second-order valence-corrected chi connectivity index (χ2v) is 4.34. The Kier molecular flexibility index (Phi) is 4.73. The molecule has 2 aromatic heterocycles. The smallest absolute Gasteiger partial charge is 0.245 e. The number of amides is 1. The third-order valence-electron chi connectivity index (χ3n) is 2.83. The SMILES string of the molecule is CCNC(=O)CCn1c(CCl)nc2c(OC)ncnc21. The number of alkyl halides is 1. The van der Waals surface area contributed by atoms with Gasteiger partial charge < -0.3 is 14.6 Å². The van der Waals surface area contributed by atoms with Crippen LogP contribution in [0.5, 0.6) is 5.88 Å². The van der Waals surface area contributed by atoms with Gasteiger partial charge in [-0.3, -0.25) is 4.79 Å². The van der Waals surface area contributed by atoms with Gasteiger partial charge in [0.15, 0.2) is 11.2 Å². The number of halogens is 1. The van der Waals surface area contributed by atoms with Crippen LogP contribution in [0.15, 0.2) is 6.33 Å². The summed E-state index contributed by atoms with van der Waals surface area (Å²) in [5.74, 6) is 1.26. The number of rotatable bonds is 6. The molecule has 2 aromatic rings. The first-order valence-corrected chi connectivity index (χ1v) is 6.81. The first-order chi connectivity index (χ1) is 9.71. The fourth-order valence-electron chi connectivity index (χ4n) is 1.95. The number of aryl methyl sites for hydroxylation is 1. The van der Waals surface area contributed by atoms with Crippen LogP contribution in [-0.4, -0.2) is 39.1 Å². The number of methoxy groups -OCH3 is 1. The minimum Gasteiger partial charge on any atom is -0.479 e. The Balaban J connectivity index is 2.33. The zero-order valence-corrected chi connectivity index (χ0v) is 12.1. The first kappa shape index (κ1) is 14.5. The molecule has 20 heavy (non-hydrogen) atoms. The maximum Gasteiger partial charge on any atom is 0.245 e. The molecule has 7 nitrogen and oxygen atoms in total. The van der Waals surface area contributed by atoms with Crippen molar-refractivity contribution in [3.8, 4) is 5.88 Å². The number of carbonyl (C=O) groups is 1. The molecule has 0 bridgehead atoms. The lowest BCUT2D eigenvalue weighted by molar-refractivity contribution is -0.121. The van der Waals surface area contributed by atoms with Gasteiger partial charge in [-0.05, 0) is 6.92 Å². The molecule has 0 radical (unpaired) electrons. The second-order valence-electron chi connectivity index (χ2n) is 4.07. The van der Waals surface area contributed by atoms with Gasteiger partial charge >= 0.3 is 0 Å².